The molecule has 13 heteroatoms. The molecule has 1 fully saturated rings. The third kappa shape index (κ3) is 5.06. The number of carbonyl (C=O) groups is 2. The maximum atomic E-state index is 14.3. The van der Waals surface area contributed by atoms with Crippen molar-refractivity contribution < 1.29 is 31.5 Å². The molecule has 0 heterocycles. The number of alkyl halides is 5. The van der Waals surface area contributed by atoms with Gasteiger partial charge in [0, 0.05) is 11.6 Å². The summed E-state index contributed by atoms with van der Waals surface area (Å²) in [6.07, 6.45) is -4.63. The molecule has 0 unspecified atom stereocenters. The van der Waals surface area contributed by atoms with Crippen LogP contribution in [0.3, 0.4) is 0 Å². The second-order valence-corrected chi connectivity index (χ2v) is 9.11. The quantitative estimate of drug-likeness (QED) is 0.276. The summed E-state index contributed by atoms with van der Waals surface area (Å²) >= 11 is 23.7. The van der Waals surface area contributed by atoms with Crippen molar-refractivity contribution in [2.45, 2.75) is 16.4 Å². The Balaban J connectivity index is 1.78. The Labute approximate surface area is 198 Å². The number of halogens is 9. The van der Waals surface area contributed by atoms with Crippen LogP contribution >= 0.6 is 46.4 Å². The summed E-state index contributed by atoms with van der Waals surface area (Å²) < 4.78 is 63.0. The Hall–Kier alpha value is -1.81. The van der Waals surface area contributed by atoms with Crippen LogP contribution in [0, 0.1) is 17.6 Å². The third-order valence-corrected chi connectivity index (χ3v) is 6.28. The van der Waals surface area contributed by atoms with Gasteiger partial charge in [0.1, 0.15) is 27.5 Å². The summed E-state index contributed by atoms with van der Waals surface area (Å²) in [6, 6.07) is 5.51. The lowest BCUT2D eigenvalue weighted by Crippen LogP contribution is -2.33. The van der Waals surface area contributed by atoms with Crippen LogP contribution in [0.4, 0.5) is 27.6 Å². The normalized spacial score (nSPS) is 19.4. The molecular weight excluding hydrogens is 525 g/mol. The van der Waals surface area contributed by atoms with Crippen LogP contribution in [0.25, 0.3) is 0 Å². The molecule has 0 aromatic heterocycles. The van der Waals surface area contributed by atoms with E-state index in [2.05, 4.69) is 5.32 Å². The molecular formula is C19H11Cl4F5N2O2. The summed E-state index contributed by atoms with van der Waals surface area (Å²) in [7, 11) is 0. The van der Waals surface area contributed by atoms with E-state index in [1.165, 1.54) is 12.1 Å². The van der Waals surface area contributed by atoms with Crippen molar-refractivity contribution in [2.24, 2.45) is 5.92 Å². The minimum absolute atomic E-state index is 0.00366. The van der Waals surface area contributed by atoms with Crippen molar-refractivity contribution in [1.29, 1.82) is 0 Å². The highest BCUT2D eigenvalue weighted by Crippen LogP contribution is 2.65. The first-order valence-electron chi connectivity index (χ1n) is 8.70. The van der Waals surface area contributed by atoms with Crippen LogP contribution < -0.4 is 10.6 Å². The predicted molar refractivity (Wildman–Crippen MR) is 111 cm³/mol. The topological polar surface area (TPSA) is 58.2 Å². The molecule has 32 heavy (non-hydrogen) atoms. The Morgan fingerprint density at radius 2 is 1.72 bits per heavy atom. The highest BCUT2D eigenvalue weighted by molar-refractivity contribution is 6.53. The van der Waals surface area contributed by atoms with Crippen molar-refractivity contribution in [3.63, 3.8) is 0 Å². The zero-order chi connectivity index (χ0) is 24.0. The van der Waals surface area contributed by atoms with Gasteiger partial charge in [-0.3, -0.25) is 9.59 Å². The van der Waals surface area contributed by atoms with Crippen molar-refractivity contribution in [1.82, 2.24) is 5.32 Å². The predicted octanol–water partition coefficient (Wildman–Crippen LogP) is 6.09. The Morgan fingerprint density at radius 3 is 2.34 bits per heavy atom. The zero-order valence-corrected chi connectivity index (χ0v) is 18.5. The lowest BCUT2D eigenvalue weighted by molar-refractivity contribution is -0.123. The van der Waals surface area contributed by atoms with E-state index in [0.29, 0.717) is 0 Å². The SMILES string of the molecule is O=C(NCC(F)(F)F)c1cc(NC(=O)[C@H]2[C@H](c3ccc(F)c(Cl)c3F)C2(Cl)Cl)ccc1Cl. The zero-order valence-electron chi connectivity index (χ0n) is 15.5. The fourth-order valence-electron chi connectivity index (χ4n) is 3.09. The van der Waals surface area contributed by atoms with E-state index in [0.717, 1.165) is 18.2 Å². The van der Waals surface area contributed by atoms with E-state index < -0.39 is 57.4 Å². The van der Waals surface area contributed by atoms with Crippen LogP contribution in [0.15, 0.2) is 30.3 Å². The highest BCUT2D eigenvalue weighted by Gasteiger charge is 2.68. The van der Waals surface area contributed by atoms with Crippen molar-refractivity contribution in [3.8, 4) is 0 Å². The van der Waals surface area contributed by atoms with Gasteiger partial charge in [0.05, 0.1) is 16.5 Å². The standard InChI is InChI=1S/C19H11Cl4F5N2O2/c20-10-3-1-7(5-9(10)16(31)29-6-18(26,27)28)30-17(32)13-12(19(13,22)23)8-2-4-11(24)14(21)15(8)25/h1-5,12-13H,6H2,(H,29,31)(H,30,32)/t12-,13+/m0/s1. The molecule has 2 atom stereocenters. The maximum Gasteiger partial charge on any atom is 0.405 e. The van der Waals surface area contributed by atoms with Gasteiger partial charge in [-0.05, 0) is 29.8 Å². The molecule has 1 aliphatic rings. The fourth-order valence-corrected chi connectivity index (χ4v) is 4.28. The van der Waals surface area contributed by atoms with Crippen LogP contribution in [-0.4, -0.2) is 28.9 Å². The first-order valence-corrected chi connectivity index (χ1v) is 10.2. The van der Waals surface area contributed by atoms with Crippen LogP contribution in [-0.2, 0) is 4.79 Å². The highest BCUT2D eigenvalue weighted by atomic mass is 35.5. The molecule has 0 spiro atoms. The molecule has 0 radical (unpaired) electrons. The summed E-state index contributed by atoms with van der Waals surface area (Å²) in [4.78, 5) is 24.7. The molecule has 3 rings (SSSR count). The Bertz CT molecular complexity index is 1090. The molecule has 2 aromatic rings. The van der Waals surface area contributed by atoms with Crippen LogP contribution in [0.1, 0.15) is 21.8 Å². The van der Waals surface area contributed by atoms with Gasteiger partial charge < -0.3 is 10.6 Å². The largest absolute Gasteiger partial charge is 0.405 e. The maximum absolute atomic E-state index is 14.3. The van der Waals surface area contributed by atoms with Gasteiger partial charge in [-0.1, -0.05) is 29.3 Å². The van der Waals surface area contributed by atoms with E-state index >= 15 is 0 Å². The molecule has 2 N–H and O–H groups in total. The van der Waals surface area contributed by atoms with Gasteiger partial charge in [0.25, 0.3) is 5.91 Å². The van der Waals surface area contributed by atoms with Crippen LogP contribution in [0.5, 0.6) is 0 Å². The van der Waals surface area contributed by atoms with Gasteiger partial charge in [-0.2, -0.15) is 13.2 Å². The third-order valence-electron chi connectivity index (χ3n) is 4.66. The van der Waals surface area contributed by atoms with Gasteiger partial charge in [0.2, 0.25) is 5.91 Å². The second-order valence-electron chi connectivity index (χ2n) is 6.88. The summed E-state index contributed by atoms with van der Waals surface area (Å²) in [5.41, 5.74) is -0.478. The second kappa shape index (κ2) is 8.85. The minimum atomic E-state index is -4.63. The Kier molecular flexibility index (Phi) is 6.87. The van der Waals surface area contributed by atoms with Gasteiger partial charge in [-0.25, -0.2) is 8.78 Å². The fraction of sp³-hybridized carbons (Fsp3) is 0.263. The molecule has 4 nitrogen and oxygen atoms in total. The number of anilines is 1. The Morgan fingerprint density at radius 1 is 1.06 bits per heavy atom. The molecule has 2 amide bonds. The molecule has 0 saturated heterocycles. The summed E-state index contributed by atoms with van der Waals surface area (Å²) in [5, 5.41) is 3.14. The van der Waals surface area contributed by atoms with Gasteiger partial charge in [0.15, 0.2) is 0 Å². The minimum Gasteiger partial charge on any atom is -0.343 e. The number of carbonyl (C=O) groups excluding carboxylic acids is 2. The average molecular weight is 536 g/mol. The number of nitrogens with one attached hydrogen (secondary N) is 2. The number of amides is 2. The van der Waals surface area contributed by atoms with E-state index in [1.807, 2.05) is 0 Å². The van der Waals surface area contributed by atoms with E-state index in [4.69, 9.17) is 46.4 Å². The number of benzene rings is 2. The first kappa shape index (κ1) is 24.8. The van der Waals surface area contributed by atoms with Crippen molar-refractivity contribution in [2.75, 3.05) is 11.9 Å². The van der Waals surface area contributed by atoms with Crippen molar-refractivity contribution in [3.05, 3.63) is 63.1 Å². The number of hydrogen-bond acceptors (Lipinski definition) is 2. The van der Waals surface area contributed by atoms with Gasteiger partial charge in [-0.15, -0.1) is 23.2 Å². The number of rotatable bonds is 5. The lowest BCUT2D eigenvalue weighted by Gasteiger charge is -2.11. The first-order chi connectivity index (χ1) is 14.7. The molecule has 0 aliphatic heterocycles. The number of hydrogen-bond donors (Lipinski definition) is 2. The molecule has 2 aromatic carbocycles. The lowest BCUT2D eigenvalue weighted by atomic mass is 10.1. The van der Waals surface area contributed by atoms with E-state index in [1.54, 1.807) is 5.32 Å². The molecule has 1 saturated carbocycles. The molecule has 0 bridgehead atoms. The smallest absolute Gasteiger partial charge is 0.343 e. The van der Waals surface area contributed by atoms with Crippen molar-refractivity contribution >= 4 is 63.9 Å². The van der Waals surface area contributed by atoms with Gasteiger partial charge >= 0.3 is 6.18 Å². The average Bonchev–Trinajstić information content (AvgIpc) is 3.27. The van der Waals surface area contributed by atoms with Crippen LogP contribution in [0.2, 0.25) is 10.0 Å². The monoisotopic (exact) mass is 534 g/mol. The summed E-state index contributed by atoms with van der Waals surface area (Å²) in [5.74, 6) is -6.20. The van der Waals surface area contributed by atoms with E-state index in [-0.39, 0.29) is 21.8 Å². The van der Waals surface area contributed by atoms with E-state index in [9.17, 15) is 31.5 Å². The summed E-state index contributed by atoms with van der Waals surface area (Å²) in [6.45, 7) is -1.57. The molecule has 172 valence electrons. The molecule has 1 aliphatic carbocycles.